The summed E-state index contributed by atoms with van der Waals surface area (Å²) >= 11 is 0. The molecule has 1 aromatic rings. The van der Waals surface area contributed by atoms with E-state index in [1.54, 1.807) is 0 Å². The van der Waals surface area contributed by atoms with E-state index in [9.17, 15) is 4.79 Å². The first-order valence-electron chi connectivity index (χ1n) is 6.81. The lowest BCUT2D eigenvalue weighted by molar-refractivity contribution is -0.117. The Labute approximate surface area is 120 Å². The summed E-state index contributed by atoms with van der Waals surface area (Å²) in [5, 5.41) is 11.6. The summed E-state index contributed by atoms with van der Waals surface area (Å²) in [5.41, 5.74) is 2.67. The second-order valence-electron chi connectivity index (χ2n) is 4.18. The van der Waals surface area contributed by atoms with Gasteiger partial charge in [-0.2, -0.15) is 0 Å². The maximum atomic E-state index is 11.8. The average molecular weight is 275 g/mol. The molecule has 0 aliphatic rings. The first-order chi connectivity index (χ1) is 9.71. The molecule has 4 heteroatoms. The van der Waals surface area contributed by atoms with Crippen LogP contribution in [0.1, 0.15) is 31.4 Å². The highest BCUT2D eigenvalue weighted by Crippen LogP contribution is 2.18. The number of nitrogens with one attached hydrogen (secondary N) is 1. The third kappa shape index (κ3) is 5.43. The largest absolute Gasteiger partial charge is 0.384 e. The number of aryl methyl sites for hydroxylation is 1. The zero-order valence-electron chi connectivity index (χ0n) is 12.0. The quantitative estimate of drug-likeness (QED) is 0.616. The Balaban J connectivity index is 2.72. The van der Waals surface area contributed by atoms with Gasteiger partial charge < -0.3 is 15.2 Å². The number of anilines is 1. The van der Waals surface area contributed by atoms with Gasteiger partial charge in [0, 0.05) is 17.9 Å². The van der Waals surface area contributed by atoms with Crippen LogP contribution in [-0.2, 0) is 16.0 Å². The first kappa shape index (κ1) is 16.2. The van der Waals surface area contributed by atoms with Gasteiger partial charge in [0.25, 0.3) is 0 Å². The van der Waals surface area contributed by atoms with E-state index in [0.717, 1.165) is 23.2 Å². The van der Waals surface area contributed by atoms with E-state index in [2.05, 4.69) is 17.2 Å². The van der Waals surface area contributed by atoms with Crippen LogP contribution >= 0.6 is 0 Å². The van der Waals surface area contributed by atoms with Crippen LogP contribution in [0, 0.1) is 11.8 Å². The van der Waals surface area contributed by atoms with Crippen LogP contribution in [-0.4, -0.2) is 30.8 Å². The summed E-state index contributed by atoms with van der Waals surface area (Å²) in [7, 11) is 0. The third-order valence-electron chi connectivity index (χ3n) is 2.75. The second kappa shape index (κ2) is 9.13. The highest BCUT2D eigenvalue weighted by atomic mass is 16.5. The summed E-state index contributed by atoms with van der Waals surface area (Å²) in [5.74, 6) is 5.42. The Morgan fingerprint density at radius 3 is 2.85 bits per heavy atom. The molecule has 0 radical (unpaired) electrons. The lowest BCUT2D eigenvalue weighted by Gasteiger charge is -2.10. The van der Waals surface area contributed by atoms with E-state index in [0.29, 0.717) is 19.6 Å². The minimum Gasteiger partial charge on any atom is -0.384 e. The fourth-order valence-electron chi connectivity index (χ4n) is 1.75. The number of benzene rings is 1. The second-order valence-corrected chi connectivity index (χ2v) is 4.18. The van der Waals surface area contributed by atoms with E-state index in [1.807, 2.05) is 32.0 Å². The predicted octanol–water partition coefficient (Wildman–Crippen LogP) is 1.96. The molecule has 108 valence electrons. The summed E-state index contributed by atoms with van der Waals surface area (Å²) in [4.78, 5) is 11.8. The Hall–Kier alpha value is -1.83. The van der Waals surface area contributed by atoms with Crippen LogP contribution in [0.3, 0.4) is 0 Å². The Bertz CT molecular complexity index is 500. The smallest absolute Gasteiger partial charge is 0.226 e. The van der Waals surface area contributed by atoms with Crippen molar-refractivity contribution >= 4 is 11.6 Å². The van der Waals surface area contributed by atoms with Crippen molar-refractivity contribution in [1.82, 2.24) is 0 Å². The van der Waals surface area contributed by atoms with E-state index in [1.165, 1.54) is 0 Å². The molecule has 20 heavy (non-hydrogen) atoms. The molecule has 0 saturated carbocycles. The fraction of sp³-hybridized carbons (Fsp3) is 0.438. The molecule has 0 unspecified atom stereocenters. The summed E-state index contributed by atoms with van der Waals surface area (Å²) in [6, 6.07) is 5.61. The first-order valence-corrected chi connectivity index (χ1v) is 6.81. The molecule has 0 spiro atoms. The lowest BCUT2D eigenvalue weighted by Crippen LogP contribution is -2.15. The molecule has 1 rings (SSSR count). The van der Waals surface area contributed by atoms with E-state index >= 15 is 0 Å². The van der Waals surface area contributed by atoms with Crippen LogP contribution in [0.4, 0.5) is 5.69 Å². The highest BCUT2D eigenvalue weighted by molar-refractivity contribution is 5.91. The summed E-state index contributed by atoms with van der Waals surface area (Å²) in [6.07, 6.45) is 1.15. The number of aliphatic hydroxyl groups excluding tert-OH is 1. The van der Waals surface area contributed by atoms with Gasteiger partial charge in [-0.3, -0.25) is 4.79 Å². The monoisotopic (exact) mass is 275 g/mol. The van der Waals surface area contributed by atoms with Gasteiger partial charge in [-0.15, -0.1) is 0 Å². The minimum absolute atomic E-state index is 0.0534. The van der Waals surface area contributed by atoms with Gasteiger partial charge in [0.1, 0.15) is 6.61 Å². The highest BCUT2D eigenvalue weighted by Gasteiger charge is 2.06. The third-order valence-corrected chi connectivity index (χ3v) is 2.75. The number of ether oxygens (including phenoxy) is 1. The number of rotatable bonds is 6. The molecule has 4 nitrogen and oxygen atoms in total. The van der Waals surface area contributed by atoms with Crippen LogP contribution in [0.5, 0.6) is 0 Å². The van der Waals surface area contributed by atoms with Crippen molar-refractivity contribution in [3.05, 3.63) is 29.3 Å². The molecule has 0 heterocycles. The minimum atomic E-state index is -0.155. The molecule has 0 saturated heterocycles. The predicted molar refractivity (Wildman–Crippen MR) is 79.5 cm³/mol. The molecule has 0 bridgehead atoms. The number of aliphatic hydroxyl groups is 1. The summed E-state index contributed by atoms with van der Waals surface area (Å²) in [6.45, 7) is 4.82. The van der Waals surface area contributed by atoms with Crippen molar-refractivity contribution in [2.24, 2.45) is 0 Å². The lowest BCUT2D eigenvalue weighted by atomic mass is 10.1. The van der Waals surface area contributed by atoms with Gasteiger partial charge >= 0.3 is 0 Å². The van der Waals surface area contributed by atoms with Crippen molar-refractivity contribution in [3.8, 4) is 11.8 Å². The molecule has 0 aliphatic carbocycles. The topological polar surface area (TPSA) is 58.6 Å². The van der Waals surface area contributed by atoms with Crippen molar-refractivity contribution < 1.29 is 14.6 Å². The van der Waals surface area contributed by atoms with Crippen LogP contribution in [0.15, 0.2) is 18.2 Å². The van der Waals surface area contributed by atoms with Gasteiger partial charge in [0.2, 0.25) is 5.91 Å². The summed E-state index contributed by atoms with van der Waals surface area (Å²) < 4.78 is 5.16. The van der Waals surface area contributed by atoms with Gasteiger partial charge in [0.05, 0.1) is 13.0 Å². The average Bonchev–Trinajstić information content (AvgIpc) is 2.46. The Morgan fingerprint density at radius 1 is 1.40 bits per heavy atom. The van der Waals surface area contributed by atoms with E-state index in [4.69, 9.17) is 9.84 Å². The molecule has 0 aromatic heterocycles. The van der Waals surface area contributed by atoms with Gasteiger partial charge in [-0.25, -0.2) is 0 Å². The standard InChI is InChI=1S/C16H21NO3/c1-3-14-12-13(6-5-10-18)7-8-15(14)17-16(19)9-11-20-4-2/h7-8,12,18H,3-4,9-11H2,1-2H3,(H,17,19). The normalized spacial score (nSPS) is 9.75. The Kier molecular flexibility index (Phi) is 7.41. The van der Waals surface area contributed by atoms with Crippen molar-refractivity contribution in [3.63, 3.8) is 0 Å². The van der Waals surface area contributed by atoms with Crippen LogP contribution < -0.4 is 5.32 Å². The van der Waals surface area contributed by atoms with Crippen molar-refractivity contribution in [2.75, 3.05) is 25.1 Å². The number of hydrogen-bond donors (Lipinski definition) is 2. The number of carbonyl (C=O) groups excluding carboxylic acids is 1. The van der Waals surface area contributed by atoms with Crippen LogP contribution in [0.25, 0.3) is 0 Å². The molecular weight excluding hydrogens is 254 g/mol. The molecule has 0 aliphatic heterocycles. The molecule has 1 amide bonds. The SMILES string of the molecule is CCOCCC(=O)Nc1ccc(C#CCO)cc1CC. The van der Waals surface area contributed by atoms with Crippen molar-refractivity contribution in [2.45, 2.75) is 26.7 Å². The molecule has 0 fully saturated rings. The van der Waals surface area contributed by atoms with Gasteiger partial charge in [0.15, 0.2) is 0 Å². The van der Waals surface area contributed by atoms with E-state index in [-0.39, 0.29) is 12.5 Å². The number of hydrogen-bond acceptors (Lipinski definition) is 3. The molecule has 0 atom stereocenters. The molecular formula is C16H21NO3. The maximum absolute atomic E-state index is 11.8. The maximum Gasteiger partial charge on any atom is 0.226 e. The fourth-order valence-corrected chi connectivity index (χ4v) is 1.75. The number of carbonyl (C=O) groups is 1. The molecule has 1 aromatic carbocycles. The molecule has 2 N–H and O–H groups in total. The zero-order chi connectivity index (χ0) is 14.8. The van der Waals surface area contributed by atoms with Gasteiger partial charge in [-0.05, 0) is 37.1 Å². The van der Waals surface area contributed by atoms with Crippen molar-refractivity contribution in [1.29, 1.82) is 0 Å². The zero-order valence-corrected chi connectivity index (χ0v) is 12.0. The van der Waals surface area contributed by atoms with Crippen LogP contribution in [0.2, 0.25) is 0 Å². The Morgan fingerprint density at radius 2 is 2.20 bits per heavy atom. The number of amides is 1. The van der Waals surface area contributed by atoms with Gasteiger partial charge in [-0.1, -0.05) is 18.8 Å². The van der Waals surface area contributed by atoms with E-state index < -0.39 is 0 Å².